The van der Waals surface area contributed by atoms with Gasteiger partial charge < -0.3 is 5.73 Å². The van der Waals surface area contributed by atoms with E-state index in [-0.39, 0.29) is 5.78 Å². The maximum Gasteiger partial charge on any atom is 0.162 e. The maximum absolute atomic E-state index is 11.5. The van der Waals surface area contributed by atoms with Gasteiger partial charge in [-0.25, -0.2) is 0 Å². The molecule has 0 unspecified atom stereocenters. The van der Waals surface area contributed by atoms with Crippen LogP contribution in [0.3, 0.4) is 0 Å². The van der Waals surface area contributed by atoms with Gasteiger partial charge in [0.15, 0.2) is 5.78 Å². The van der Waals surface area contributed by atoms with Crippen molar-refractivity contribution in [2.45, 2.75) is 19.4 Å². The number of hydrogen-bond donors (Lipinski definition) is 1. The van der Waals surface area contributed by atoms with E-state index in [9.17, 15) is 4.79 Å². The second-order valence-corrected chi connectivity index (χ2v) is 3.49. The fourth-order valence-electron chi connectivity index (χ4n) is 1.20. The third-order valence-corrected chi connectivity index (χ3v) is 2.32. The number of carbonyl (C=O) groups is 1. The minimum absolute atomic E-state index is 0.147. The van der Waals surface area contributed by atoms with Crippen molar-refractivity contribution in [1.29, 1.82) is 0 Å². The molecule has 0 spiro atoms. The van der Waals surface area contributed by atoms with Crippen LogP contribution < -0.4 is 5.73 Å². The van der Waals surface area contributed by atoms with Crippen LogP contribution in [0, 0.1) is 0 Å². The molecule has 0 aliphatic carbocycles. The third-order valence-electron chi connectivity index (χ3n) is 2.05. The number of alkyl halides is 1. The SMILES string of the molecule is NCc1ccc(C(=O)CCCCl)cc1. The summed E-state index contributed by atoms with van der Waals surface area (Å²) in [5, 5.41) is 0. The average Bonchev–Trinajstić information content (AvgIpc) is 2.26. The van der Waals surface area contributed by atoms with Crippen LogP contribution in [0.25, 0.3) is 0 Å². The molecule has 76 valence electrons. The quantitative estimate of drug-likeness (QED) is 0.600. The summed E-state index contributed by atoms with van der Waals surface area (Å²) in [5.74, 6) is 0.682. The van der Waals surface area contributed by atoms with Crippen molar-refractivity contribution in [2.75, 3.05) is 5.88 Å². The molecule has 14 heavy (non-hydrogen) atoms. The lowest BCUT2D eigenvalue weighted by Crippen LogP contribution is -2.01. The zero-order chi connectivity index (χ0) is 10.4. The molecule has 0 aliphatic rings. The van der Waals surface area contributed by atoms with Gasteiger partial charge in [-0.2, -0.15) is 0 Å². The molecule has 1 rings (SSSR count). The van der Waals surface area contributed by atoms with E-state index in [4.69, 9.17) is 17.3 Å². The summed E-state index contributed by atoms with van der Waals surface area (Å²) >= 11 is 5.51. The number of hydrogen-bond acceptors (Lipinski definition) is 2. The molecule has 0 aliphatic heterocycles. The maximum atomic E-state index is 11.5. The number of nitrogens with two attached hydrogens (primary N) is 1. The average molecular weight is 212 g/mol. The highest BCUT2D eigenvalue weighted by molar-refractivity contribution is 6.18. The largest absolute Gasteiger partial charge is 0.326 e. The van der Waals surface area contributed by atoms with E-state index in [1.165, 1.54) is 0 Å². The standard InChI is InChI=1S/C11H14ClNO/c12-7-1-2-11(14)10-5-3-9(8-13)4-6-10/h3-6H,1-2,7-8,13H2. The van der Waals surface area contributed by atoms with Crippen LogP contribution in [-0.4, -0.2) is 11.7 Å². The van der Waals surface area contributed by atoms with Crippen LogP contribution in [0.5, 0.6) is 0 Å². The van der Waals surface area contributed by atoms with Crippen molar-refractivity contribution in [3.63, 3.8) is 0 Å². The van der Waals surface area contributed by atoms with Crippen LogP contribution in [-0.2, 0) is 6.54 Å². The first-order valence-corrected chi connectivity index (χ1v) is 5.19. The van der Waals surface area contributed by atoms with Gasteiger partial charge in [0.2, 0.25) is 0 Å². The van der Waals surface area contributed by atoms with Crippen LogP contribution >= 0.6 is 11.6 Å². The van der Waals surface area contributed by atoms with Gasteiger partial charge in [-0.15, -0.1) is 11.6 Å². The first-order chi connectivity index (χ1) is 6.77. The van der Waals surface area contributed by atoms with Crippen LogP contribution in [0.1, 0.15) is 28.8 Å². The van der Waals surface area contributed by atoms with Gasteiger partial charge in [-0.3, -0.25) is 4.79 Å². The van der Waals surface area contributed by atoms with Crippen molar-refractivity contribution in [3.8, 4) is 0 Å². The predicted octanol–water partition coefficient (Wildman–Crippen LogP) is 2.35. The van der Waals surface area contributed by atoms with E-state index in [2.05, 4.69) is 0 Å². The molecule has 0 bridgehead atoms. The van der Waals surface area contributed by atoms with E-state index in [1.54, 1.807) is 0 Å². The number of rotatable bonds is 5. The molecular formula is C11H14ClNO. The molecule has 3 heteroatoms. The summed E-state index contributed by atoms with van der Waals surface area (Å²) in [6.07, 6.45) is 1.25. The molecule has 0 atom stereocenters. The van der Waals surface area contributed by atoms with Gasteiger partial charge in [-0.1, -0.05) is 24.3 Å². The van der Waals surface area contributed by atoms with Gasteiger partial charge in [0, 0.05) is 24.4 Å². The number of halogens is 1. The second kappa shape index (κ2) is 5.78. The summed E-state index contributed by atoms with van der Waals surface area (Å²) in [4.78, 5) is 11.5. The Morgan fingerprint density at radius 2 is 1.93 bits per heavy atom. The fourth-order valence-corrected chi connectivity index (χ4v) is 1.33. The Kier molecular flexibility index (Phi) is 4.63. The summed E-state index contributed by atoms with van der Waals surface area (Å²) in [6, 6.07) is 7.40. The molecule has 0 amide bonds. The normalized spacial score (nSPS) is 10.1. The molecule has 0 fully saturated rings. The Balaban J connectivity index is 2.62. The Morgan fingerprint density at radius 3 is 2.43 bits per heavy atom. The number of benzene rings is 1. The Labute approximate surface area is 89.1 Å². The topological polar surface area (TPSA) is 43.1 Å². The summed E-state index contributed by atoms with van der Waals surface area (Å²) < 4.78 is 0. The van der Waals surface area contributed by atoms with Gasteiger partial charge in [-0.05, 0) is 12.0 Å². The van der Waals surface area contributed by atoms with Crippen molar-refractivity contribution in [1.82, 2.24) is 0 Å². The van der Waals surface area contributed by atoms with E-state index < -0.39 is 0 Å². The Bertz CT molecular complexity index is 295. The molecule has 1 aromatic carbocycles. The molecule has 0 saturated carbocycles. The predicted molar refractivity (Wildman–Crippen MR) is 58.6 cm³/mol. The summed E-state index contributed by atoms with van der Waals surface area (Å²) in [6.45, 7) is 0.510. The monoisotopic (exact) mass is 211 g/mol. The molecule has 0 aromatic heterocycles. The lowest BCUT2D eigenvalue weighted by molar-refractivity contribution is 0.0982. The highest BCUT2D eigenvalue weighted by atomic mass is 35.5. The van der Waals surface area contributed by atoms with E-state index in [0.717, 1.165) is 17.5 Å². The minimum Gasteiger partial charge on any atom is -0.326 e. The zero-order valence-electron chi connectivity index (χ0n) is 8.00. The molecular weight excluding hydrogens is 198 g/mol. The molecule has 2 nitrogen and oxygen atoms in total. The van der Waals surface area contributed by atoms with E-state index >= 15 is 0 Å². The summed E-state index contributed by atoms with van der Waals surface area (Å²) in [5.41, 5.74) is 7.24. The fraction of sp³-hybridized carbons (Fsp3) is 0.364. The van der Waals surface area contributed by atoms with Crippen molar-refractivity contribution in [2.24, 2.45) is 5.73 Å². The van der Waals surface area contributed by atoms with E-state index in [1.807, 2.05) is 24.3 Å². The Morgan fingerprint density at radius 1 is 1.29 bits per heavy atom. The summed E-state index contributed by atoms with van der Waals surface area (Å²) in [7, 11) is 0. The lowest BCUT2D eigenvalue weighted by Gasteiger charge is -2.01. The van der Waals surface area contributed by atoms with Crippen molar-refractivity contribution in [3.05, 3.63) is 35.4 Å². The first kappa shape index (κ1) is 11.2. The van der Waals surface area contributed by atoms with E-state index in [0.29, 0.717) is 18.8 Å². The van der Waals surface area contributed by atoms with Gasteiger partial charge >= 0.3 is 0 Å². The Hall–Kier alpha value is -0.860. The van der Waals surface area contributed by atoms with Gasteiger partial charge in [0.05, 0.1) is 0 Å². The van der Waals surface area contributed by atoms with Crippen molar-refractivity contribution >= 4 is 17.4 Å². The smallest absolute Gasteiger partial charge is 0.162 e. The highest BCUT2D eigenvalue weighted by Crippen LogP contribution is 2.08. The van der Waals surface area contributed by atoms with Gasteiger partial charge in [0.1, 0.15) is 0 Å². The number of carbonyl (C=O) groups excluding carboxylic acids is 1. The van der Waals surface area contributed by atoms with Crippen LogP contribution in [0.4, 0.5) is 0 Å². The molecule has 0 saturated heterocycles. The van der Waals surface area contributed by atoms with Gasteiger partial charge in [0.25, 0.3) is 0 Å². The zero-order valence-corrected chi connectivity index (χ0v) is 8.76. The molecule has 0 radical (unpaired) electrons. The number of Topliss-reactive ketones (excluding diaryl/α,β-unsaturated/α-hetero) is 1. The first-order valence-electron chi connectivity index (χ1n) is 4.66. The highest BCUT2D eigenvalue weighted by Gasteiger charge is 2.04. The molecule has 0 heterocycles. The number of ketones is 1. The van der Waals surface area contributed by atoms with Crippen LogP contribution in [0.15, 0.2) is 24.3 Å². The second-order valence-electron chi connectivity index (χ2n) is 3.12. The van der Waals surface area contributed by atoms with Crippen LogP contribution in [0.2, 0.25) is 0 Å². The molecule has 2 N–H and O–H groups in total. The third kappa shape index (κ3) is 3.13. The lowest BCUT2D eigenvalue weighted by atomic mass is 10.1. The minimum atomic E-state index is 0.147. The molecule has 1 aromatic rings. The van der Waals surface area contributed by atoms with Crippen molar-refractivity contribution < 1.29 is 4.79 Å².